The third kappa shape index (κ3) is 4.42. The van der Waals surface area contributed by atoms with Gasteiger partial charge in [0.1, 0.15) is 11.6 Å². The average molecular weight is 287 g/mol. The number of benzene rings is 2. The lowest BCUT2D eigenvalue weighted by Gasteiger charge is -2.08. The van der Waals surface area contributed by atoms with Gasteiger partial charge in [0.05, 0.1) is 0 Å². The molecule has 2 aromatic rings. The molecule has 0 bridgehead atoms. The van der Waals surface area contributed by atoms with Gasteiger partial charge in [0.25, 0.3) is 5.91 Å². The van der Waals surface area contributed by atoms with Crippen LogP contribution in [0.4, 0.5) is 10.1 Å². The molecule has 0 aliphatic heterocycles. The van der Waals surface area contributed by atoms with Crippen LogP contribution in [0.5, 0.6) is 5.75 Å². The number of ether oxygens (including phenoxy) is 1. The zero-order valence-electron chi connectivity index (χ0n) is 11.4. The lowest BCUT2D eigenvalue weighted by molar-refractivity contribution is -0.118. The summed E-state index contributed by atoms with van der Waals surface area (Å²) in [6.07, 6.45) is 0. The predicted octanol–water partition coefficient (Wildman–Crippen LogP) is 3.05. The third-order valence-electron chi connectivity index (χ3n) is 2.72. The molecule has 5 heteroatoms. The van der Waals surface area contributed by atoms with Gasteiger partial charge >= 0.3 is 0 Å². The number of anilines is 1. The molecule has 1 N–H and O–H groups in total. The minimum absolute atomic E-state index is 0.0814. The molecule has 0 spiro atoms. The molecule has 108 valence electrons. The van der Waals surface area contributed by atoms with Crippen molar-refractivity contribution in [3.63, 3.8) is 0 Å². The number of Topliss-reactive ketones (excluding diaryl/α,β-unsaturated/α-hetero) is 1. The van der Waals surface area contributed by atoms with Crippen molar-refractivity contribution in [3.05, 3.63) is 59.9 Å². The van der Waals surface area contributed by atoms with Crippen LogP contribution in [0.1, 0.15) is 17.3 Å². The molecule has 0 saturated heterocycles. The highest BCUT2D eigenvalue weighted by Crippen LogP contribution is 2.13. The Hall–Kier alpha value is -2.69. The van der Waals surface area contributed by atoms with Crippen LogP contribution < -0.4 is 10.1 Å². The second kappa shape index (κ2) is 6.65. The Morgan fingerprint density at radius 2 is 1.90 bits per heavy atom. The molecule has 0 radical (unpaired) electrons. The summed E-state index contributed by atoms with van der Waals surface area (Å²) in [6.45, 7) is 1.21. The average Bonchev–Trinajstić information content (AvgIpc) is 2.45. The highest BCUT2D eigenvalue weighted by atomic mass is 19.1. The highest BCUT2D eigenvalue weighted by Gasteiger charge is 2.06. The third-order valence-corrected chi connectivity index (χ3v) is 2.72. The van der Waals surface area contributed by atoms with Gasteiger partial charge in [0.15, 0.2) is 12.4 Å². The van der Waals surface area contributed by atoms with E-state index in [1.54, 1.807) is 30.3 Å². The molecule has 0 saturated carbocycles. The van der Waals surface area contributed by atoms with Crippen LogP contribution >= 0.6 is 0 Å². The van der Waals surface area contributed by atoms with Crippen molar-refractivity contribution in [2.45, 2.75) is 6.92 Å². The van der Waals surface area contributed by atoms with Gasteiger partial charge in [-0.2, -0.15) is 0 Å². The van der Waals surface area contributed by atoms with E-state index in [1.165, 1.54) is 25.1 Å². The quantitative estimate of drug-likeness (QED) is 0.860. The monoisotopic (exact) mass is 287 g/mol. The molecule has 0 aliphatic carbocycles. The summed E-state index contributed by atoms with van der Waals surface area (Å²) in [7, 11) is 0. The summed E-state index contributed by atoms with van der Waals surface area (Å²) in [4.78, 5) is 23.0. The Labute approximate surface area is 121 Å². The van der Waals surface area contributed by atoms with E-state index in [0.717, 1.165) is 0 Å². The first-order valence-electron chi connectivity index (χ1n) is 6.34. The van der Waals surface area contributed by atoms with Crippen LogP contribution in [0, 0.1) is 5.82 Å². The van der Waals surface area contributed by atoms with Gasteiger partial charge in [-0.25, -0.2) is 4.39 Å². The maximum absolute atomic E-state index is 12.9. The summed E-state index contributed by atoms with van der Waals surface area (Å²) < 4.78 is 18.1. The normalized spacial score (nSPS) is 10.0. The molecular weight excluding hydrogens is 273 g/mol. The standard InChI is InChI=1S/C16H14FNO3/c1-11(19)12-4-2-6-14(8-12)18-16(20)10-21-15-7-3-5-13(17)9-15/h2-9H,10H2,1H3,(H,18,20). The molecule has 21 heavy (non-hydrogen) atoms. The molecule has 0 aliphatic rings. The SMILES string of the molecule is CC(=O)c1cccc(NC(=O)COc2cccc(F)c2)c1. The fourth-order valence-electron chi connectivity index (χ4n) is 1.72. The Morgan fingerprint density at radius 3 is 2.62 bits per heavy atom. The number of carbonyl (C=O) groups excluding carboxylic acids is 2. The Morgan fingerprint density at radius 1 is 1.14 bits per heavy atom. The van der Waals surface area contributed by atoms with Gasteiger partial charge in [-0.05, 0) is 31.2 Å². The number of amides is 1. The van der Waals surface area contributed by atoms with Gasteiger partial charge in [-0.15, -0.1) is 0 Å². The number of hydrogen-bond acceptors (Lipinski definition) is 3. The van der Waals surface area contributed by atoms with E-state index >= 15 is 0 Å². The van der Waals surface area contributed by atoms with Crippen molar-refractivity contribution in [2.75, 3.05) is 11.9 Å². The lowest BCUT2D eigenvalue weighted by Crippen LogP contribution is -2.20. The van der Waals surface area contributed by atoms with Gasteiger partial charge in [0, 0.05) is 17.3 Å². The second-order valence-electron chi connectivity index (χ2n) is 4.43. The summed E-state index contributed by atoms with van der Waals surface area (Å²) in [6, 6.07) is 12.2. The van der Waals surface area contributed by atoms with E-state index in [4.69, 9.17) is 4.74 Å². The number of halogens is 1. The van der Waals surface area contributed by atoms with Crippen molar-refractivity contribution >= 4 is 17.4 Å². The topological polar surface area (TPSA) is 55.4 Å². The van der Waals surface area contributed by atoms with Gasteiger partial charge in [0.2, 0.25) is 0 Å². The Bertz CT molecular complexity index is 670. The molecule has 2 rings (SSSR count). The van der Waals surface area contributed by atoms with Crippen molar-refractivity contribution in [3.8, 4) is 5.75 Å². The minimum atomic E-state index is -0.429. The van der Waals surface area contributed by atoms with E-state index in [1.807, 2.05) is 0 Å². The zero-order valence-corrected chi connectivity index (χ0v) is 11.4. The maximum atomic E-state index is 12.9. The summed E-state index contributed by atoms with van der Waals surface area (Å²) in [5.74, 6) is -0.619. The van der Waals surface area contributed by atoms with E-state index in [-0.39, 0.29) is 24.0 Å². The number of hydrogen-bond donors (Lipinski definition) is 1. The van der Waals surface area contributed by atoms with Gasteiger partial charge in [-0.3, -0.25) is 9.59 Å². The molecule has 0 atom stereocenters. The Kier molecular flexibility index (Phi) is 4.66. The van der Waals surface area contributed by atoms with Crippen LogP contribution in [-0.4, -0.2) is 18.3 Å². The smallest absolute Gasteiger partial charge is 0.262 e. The fraction of sp³-hybridized carbons (Fsp3) is 0.125. The Balaban J connectivity index is 1.93. The molecule has 4 nitrogen and oxygen atoms in total. The zero-order chi connectivity index (χ0) is 15.2. The van der Waals surface area contributed by atoms with Crippen LogP contribution in [0.3, 0.4) is 0 Å². The van der Waals surface area contributed by atoms with Crippen molar-refractivity contribution in [2.24, 2.45) is 0 Å². The molecular formula is C16H14FNO3. The van der Waals surface area contributed by atoms with Crippen molar-refractivity contribution in [1.82, 2.24) is 0 Å². The lowest BCUT2D eigenvalue weighted by atomic mass is 10.1. The number of ketones is 1. The van der Waals surface area contributed by atoms with Crippen molar-refractivity contribution < 1.29 is 18.7 Å². The highest BCUT2D eigenvalue weighted by molar-refractivity contribution is 5.97. The largest absolute Gasteiger partial charge is 0.484 e. The number of carbonyl (C=O) groups is 2. The maximum Gasteiger partial charge on any atom is 0.262 e. The molecule has 1 amide bonds. The van der Waals surface area contributed by atoms with E-state index in [9.17, 15) is 14.0 Å². The van der Waals surface area contributed by atoms with Crippen LogP contribution in [0.2, 0.25) is 0 Å². The van der Waals surface area contributed by atoms with E-state index < -0.39 is 5.82 Å². The molecule has 0 aromatic heterocycles. The first kappa shape index (κ1) is 14.7. The number of nitrogens with one attached hydrogen (secondary N) is 1. The summed E-state index contributed by atoms with van der Waals surface area (Å²) in [5.41, 5.74) is 1.02. The van der Waals surface area contributed by atoms with Crippen LogP contribution in [-0.2, 0) is 4.79 Å². The fourth-order valence-corrected chi connectivity index (χ4v) is 1.72. The second-order valence-corrected chi connectivity index (χ2v) is 4.43. The first-order valence-corrected chi connectivity index (χ1v) is 6.34. The van der Waals surface area contributed by atoms with Gasteiger partial charge < -0.3 is 10.1 Å². The van der Waals surface area contributed by atoms with Gasteiger partial charge in [-0.1, -0.05) is 18.2 Å². The first-order chi connectivity index (χ1) is 10.0. The van der Waals surface area contributed by atoms with E-state index in [0.29, 0.717) is 11.3 Å². The van der Waals surface area contributed by atoms with E-state index in [2.05, 4.69) is 5.32 Å². The summed E-state index contributed by atoms with van der Waals surface area (Å²) in [5, 5.41) is 2.61. The van der Waals surface area contributed by atoms with Crippen molar-refractivity contribution in [1.29, 1.82) is 0 Å². The predicted molar refractivity (Wildman–Crippen MR) is 77.0 cm³/mol. The molecule has 2 aromatic carbocycles. The number of rotatable bonds is 5. The molecule has 0 heterocycles. The molecule has 0 unspecified atom stereocenters. The molecule has 0 fully saturated rings. The minimum Gasteiger partial charge on any atom is -0.484 e. The van der Waals surface area contributed by atoms with Crippen LogP contribution in [0.15, 0.2) is 48.5 Å². The summed E-state index contributed by atoms with van der Waals surface area (Å²) >= 11 is 0. The van der Waals surface area contributed by atoms with Crippen LogP contribution in [0.25, 0.3) is 0 Å².